The molecule has 2 N–H and O–H groups in total. The number of benzene rings is 3. The van der Waals surface area contributed by atoms with Crippen molar-refractivity contribution in [2.45, 2.75) is 19.1 Å². The fraction of sp³-hybridized carbons (Fsp3) is 0.125. The standard InChI is InChI=1S/C24H21NO5/c26-15-19-11-12-22(27)20(13-19)23(28)25-21(14-17-7-3-1-4-8-17)24(29)30-16-18-9-5-2-6-10-18/h1-13,15,21,27H,14,16H2,(H,25,28)/t21-/m0/s1. The Hall–Kier alpha value is -3.93. The van der Waals surface area contributed by atoms with Gasteiger partial charge >= 0.3 is 5.97 Å². The molecule has 0 aliphatic rings. The zero-order valence-corrected chi connectivity index (χ0v) is 16.2. The summed E-state index contributed by atoms with van der Waals surface area (Å²) in [5, 5.41) is 12.6. The normalized spacial score (nSPS) is 11.3. The first-order chi connectivity index (χ1) is 14.6. The molecule has 30 heavy (non-hydrogen) atoms. The summed E-state index contributed by atoms with van der Waals surface area (Å²) in [6.45, 7) is 0.0761. The van der Waals surface area contributed by atoms with Crippen molar-refractivity contribution in [1.82, 2.24) is 5.32 Å². The van der Waals surface area contributed by atoms with Crippen LogP contribution in [0.1, 0.15) is 31.8 Å². The fourth-order valence-corrected chi connectivity index (χ4v) is 2.92. The van der Waals surface area contributed by atoms with Gasteiger partial charge in [-0.25, -0.2) is 4.79 Å². The smallest absolute Gasteiger partial charge is 0.329 e. The number of carbonyl (C=O) groups excluding carboxylic acids is 3. The van der Waals surface area contributed by atoms with Gasteiger partial charge in [0.1, 0.15) is 24.7 Å². The Labute approximate surface area is 174 Å². The quantitative estimate of drug-likeness (QED) is 0.445. The van der Waals surface area contributed by atoms with Crippen molar-refractivity contribution in [3.63, 3.8) is 0 Å². The van der Waals surface area contributed by atoms with E-state index in [9.17, 15) is 19.5 Å². The Morgan fingerprint density at radius 3 is 2.20 bits per heavy atom. The molecule has 3 aromatic carbocycles. The second kappa shape index (κ2) is 10.0. The largest absolute Gasteiger partial charge is 0.507 e. The highest BCUT2D eigenvalue weighted by Gasteiger charge is 2.25. The van der Waals surface area contributed by atoms with Crippen LogP contribution in [0, 0.1) is 0 Å². The Bertz CT molecular complexity index is 1020. The van der Waals surface area contributed by atoms with Crippen LogP contribution in [0.25, 0.3) is 0 Å². The SMILES string of the molecule is O=Cc1ccc(O)c(C(=O)N[C@@H](Cc2ccccc2)C(=O)OCc2ccccc2)c1. The Balaban J connectivity index is 1.77. The number of hydrogen-bond acceptors (Lipinski definition) is 5. The fourth-order valence-electron chi connectivity index (χ4n) is 2.92. The van der Waals surface area contributed by atoms with E-state index >= 15 is 0 Å². The van der Waals surface area contributed by atoms with Gasteiger partial charge in [-0.2, -0.15) is 0 Å². The maximum Gasteiger partial charge on any atom is 0.329 e. The van der Waals surface area contributed by atoms with Gasteiger partial charge in [-0.15, -0.1) is 0 Å². The molecule has 3 rings (SSSR count). The highest BCUT2D eigenvalue weighted by Crippen LogP contribution is 2.18. The zero-order valence-electron chi connectivity index (χ0n) is 16.2. The van der Waals surface area contributed by atoms with Crippen LogP contribution in [-0.2, 0) is 22.6 Å². The van der Waals surface area contributed by atoms with E-state index in [1.165, 1.54) is 18.2 Å². The minimum atomic E-state index is -0.970. The van der Waals surface area contributed by atoms with Crippen molar-refractivity contribution in [3.8, 4) is 5.75 Å². The van der Waals surface area contributed by atoms with E-state index in [0.29, 0.717) is 6.29 Å². The summed E-state index contributed by atoms with van der Waals surface area (Å²) in [4.78, 5) is 36.5. The van der Waals surface area contributed by atoms with Gasteiger partial charge in [0.05, 0.1) is 5.56 Å². The van der Waals surface area contributed by atoms with E-state index in [-0.39, 0.29) is 29.9 Å². The lowest BCUT2D eigenvalue weighted by Gasteiger charge is -2.18. The van der Waals surface area contributed by atoms with Crippen LogP contribution in [0.4, 0.5) is 0 Å². The lowest BCUT2D eigenvalue weighted by atomic mass is 10.0. The average Bonchev–Trinajstić information content (AvgIpc) is 2.78. The molecule has 0 bridgehead atoms. The lowest BCUT2D eigenvalue weighted by Crippen LogP contribution is -2.43. The van der Waals surface area contributed by atoms with Crippen LogP contribution in [-0.4, -0.2) is 29.3 Å². The van der Waals surface area contributed by atoms with Crippen molar-refractivity contribution in [3.05, 3.63) is 101 Å². The molecule has 0 radical (unpaired) electrons. The molecule has 0 saturated heterocycles. The second-order valence-electron chi connectivity index (χ2n) is 6.70. The zero-order chi connectivity index (χ0) is 21.3. The number of nitrogens with one attached hydrogen (secondary N) is 1. The predicted molar refractivity (Wildman–Crippen MR) is 111 cm³/mol. The van der Waals surface area contributed by atoms with Crippen LogP contribution < -0.4 is 5.32 Å². The van der Waals surface area contributed by atoms with Crippen molar-refractivity contribution < 1.29 is 24.2 Å². The Kier molecular flexibility index (Phi) is 6.95. The molecule has 0 aromatic heterocycles. The highest BCUT2D eigenvalue weighted by molar-refractivity contribution is 6.00. The lowest BCUT2D eigenvalue weighted by molar-refractivity contribution is -0.147. The molecule has 0 unspecified atom stereocenters. The molecule has 1 amide bonds. The van der Waals surface area contributed by atoms with Crippen LogP contribution in [0.15, 0.2) is 78.9 Å². The summed E-state index contributed by atoms with van der Waals surface area (Å²) >= 11 is 0. The summed E-state index contributed by atoms with van der Waals surface area (Å²) in [6, 6.07) is 21.4. The highest BCUT2D eigenvalue weighted by atomic mass is 16.5. The molecule has 0 saturated carbocycles. The first kappa shape index (κ1) is 20.8. The van der Waals surface area contributed by atoms with Crippen molar-refractivity contribution in [1.29, 1.82) is 0 Å². The third kappa shape index (κ3) is 5.54. The van der Waals surface area contributed by atoms with Crippen LogP contribution in [0.2, 0.25) is 0 Å². The van der Waals surface area contributed by atoms with Gasteiger partial charge in [0.2, 0.25) is 0 Å². The monoisotopic (exact) mass is 403 g/mol. The summed E-state index contributed by atoms with van der Waals surface area (Å²) in [6.07, 6.45) is 0.792. The molecular formula is C24H21NO5. The van der Waals surface area contributed by atoms with Crippen molar-refractivity contribution in [2.75, 3.05) is 0 Å². The van der Waals surface area contributed by atoms with E-state index in [4.69, 9.17) is 4.74 Å². The predicted octanol–water partition coefficient (Wildman–Crippen LogP) is 3.29. The molecule has 6 nitrogen and oxygen atoms in total. The van der Waals surface area contributed by atoms with Gasteiger partial charge in [0.25, 0.3) is 5.91 Å². The topological polar surface area (TPSA) is 92.7 Å². The number of amides is 1. The van der Waals surface area contributed by atoms with Gasteiger partial charge in [-0.3, -0.25) is 9.59 Å². The van der Waals surface area contributed by atoms with E-state index in [2.05, 4.69) is 5.32 Å². The number of hydrogen-bond donors (Lipinski definition) is 2. The molecule has 0 spiro atoms. The van der Waals surface area contributed by atoms with Gasteiger partial charge in [-0.05, 0) is 29.3 Å². The third-order valence-corrected chi connectivity index (χ3v) is 4.50. The van der Waals surface area contributed by atoms with E-state index in [1.54, 1.807) is 0 Å². The third-order valence-electron chi connectivity index (χ3n) is 4.50. The number of phenols is 1. The number of esters is 1. The molecule has 152 valence electrons. The molecule has 6 heteroatoms. The number of rotatable bonds is 8. The van der Waals surface area contributed by atoms with Gasteiger partial charge in [0, 0.05) is 12.0 Å². The summed E-state index contributed by atoms with van der Waals surface area (Å²) in [5.41, 5.74) is 1.81. The minimum Gasteiger partial charge on any atom is -0.507 e. The van der Waals surface area contributed by atoms with E-state index < -0.39 is 17.9 Å². The second-order valence-corrected chi connectivity index (χ2v) is 6.70. The summed E-state index contributed by atoms with van der Waals surface area (Å²) in [7, 11) is 0. The molecule has 0 aliphatic carbocycles. The molecular weight excluding hydrogens is 382 g/mol. The van der Waals surface area contributed by atoms with E-state index in [0.717, 1.165) is 11.1 Å². The molecule has 3 aromatic rings. The van der Waals surface area contributed by atoms with Crippen molar-refractivity contribution >= 4 is 18.2 Å². The Morgan fingerprint density at radius 1 is 0.933 bits per heavy atom. The average molecular weight is 403 g/mol. The first-order valence-electron chi connectivity index (χ1n) is 9.40. The molecule has 0 fully saturated rings. The summed E-state index contributed by atoms with van der Waals surface area (Å²) < 4.78 is 5.40. The summed E-state index contributed by atoms with van der Waals surface area (Å²) in [5.74, 6) is -1.55. The van der Waals surface area contributed by atoms with E-state index in [1.807, 2.05) is 60.7 Å². The number of phenolic OH excluding ortho intramolecular Hbond substituents is 1. The number of carbonyl (C=O) groups is 3. The van der Waals surface area contributed by atoms with Crippen LogP contribution in [0.3, 0.4) is 0 Å². The first-order valence-corrected chi connectivity index (χ1v) is 9.40. The molecule has 0 aliphatic heterocycles. The van der Waals surface area contributed by atoms with Crippen LogP contribution >= 0.6 is 0 Å². The molecule has 0 heterocycles. The molecule has 1 atom stereocenters. The van der Waals surface area contributed by atoms with Gasteiger partial charge in [0.15, 0.2) is 0 Å². The number of aromatic hydroxyl groups is 1. The minimum absolute atomic E-state index is 0.0761. The van der Waals surface area contributed by atoms with Crippen molar-refractivity contribution in [2.24, 2.45) is 0 Å². The number of ether oxygens (including phenoxy) is 1. The van der Waals surface area contributed by atoms with Gasteiger partial charge < -0.3 is 15.2 Å². The Morgan fingerprint density at radius 2 is 1.57 bits per heavy atom. The van der Waals surface area contributed by atoms with Gasteiger partial charge in [-0.1, -0.05) is 60.7 Å². The maximum atomic E-state index is 12.7. The maximum absolute atomic E-state index is 12.7. The van der Waals surface area contributed by atoms with Crippen LogP contribution in [0.5, 0.6) is 5.75 Å². The number of aldehydes is 1.